The molecule has 4 aromatic rings. The summed E-state index contributed by atoms with van der Waals surface area (Å²) in [4.78, 5) is 24.5. The van der Waals surface area contributed by atoms with Crippen LogP contribution in [0.5, 0.6) is 0 Å². The molecule has 0 aliphatic carbocycles. The van der Waals surface area contributed by atoms with Crippen molar-refractivity contribution in [1.82, 2.24) is 15.1 Å². The number of carbonyl (C=O) groups excluding carboxylic acids is 2. The zero-order valence-corrected chi connectivity index (χ0v) is 15.4. The van der Waals surface area contributed by atoms with E-state index in [4.69, 9.17) is 4.42 Å². The highest BCUT2D eigenvalue weighted by Gasteiger charge is 2.11. The van der Waals surface area contributed by atoms with E-state index in [2.05, 4.69) is 15.7 Å². The van der Waals surface area contributed by atoms with Crippen LogP contribution in [0.25, 0.3) is 5.69 Å². The average Bonchev–Trinajstić information content (AvgIpc) is 3.45. The minimum absolute atomic E-state index is 0.225. The molecule has 2 amide bonds. The lowest BCUT2D eigenvalue weighted by molar-refractivity contribution is 0.0949. The number of hydrogen-bond acceptors (Lipinski definition) is 4. The molecule has 2 heterocycles. The molecule has 0 fully saturated rings. The van der Waals surface area contributed by atoms with Gasteiger partial charge in [0, 0.05) is 18.4 Å². The molecule has 2 N–H and O–H groups in total. The van der Waals surface area contributed by atoms with Gasteiger partial charge in [0.2, 0.25) is 0 Å². The van der Waals surface area contributed by atoms with Crippen molar-refractivity contribution in [3.05, 3.63) is 102 Å². The predicted octanol–water partition coefficient (Wildman–Crippen LogP) is 3.65. The standard InChI is InChI=1S/C22H18N4O3/c27-21(17-14-24-26(15-17)19-8-2-1-3-9-19)23-13-16-6-4-7-18(12-16)25-22(28)20-10-5-11-29-20/h1-12,14-15H,13H2,(H,23,27)(H,25,28). The van der Waals surface area contributed by atoms with Gasteiger partial charge < -0.3 is 15.1 Å². The van der Waals surface area contributed by atoms with E-state index in [0.717, 1.165) is 11.3 Å². The fourth-order valence-electron chi connectivity index (χ4n) is 2.81. The molecule has 4 rings (SSSR count). The molecular formula is C22H18N4O3. The van der Waals surface area contributed by atoms with E-state index in [1.165, 1.54) is 12.5 Å². The normalized spacial score (nSPS) is 10.5. The number of furan rings is 1. The molecule has 0 aliphatic rings. The van der Waals surface area contributed by atoms with E-state index in [1.807, 2.05) is 42.5 Å². The lowest BCUT2D eigenvalue weighted by Crippen LogP contribution is -2.22. The summed E-state index contributed by atoms with van der Waals surface area (Å²) in [7, 11) is 0. The molecular weight excluding hydrogens is 368 g/mol. The second kappa shape index (κ2) is 8.26. The van der Waals surface area contributed by atoms with Crippen LogP contribution in [-0.4, -0.2) is 21.6 Å². The van der Waals surface area contributed by atoms with Gasteiger partial charge in [0.25, 0.3) is 11.8 Å². The molecule has 7 heteroatoms. The van der Waals surface area contributed by atoms with Crippen LogP contribution in [0, 0.1) is 0 Å². The number of hydrogen-bond donors (Lipinski definition) is 2. The third-order valence-electron chi connectivity index (χ3n) is 4.25. The summed E-state index contributed by atoms with van der Waals surface area (Å²) >= 11 is 0. The van der Waals surface area contributed by atoms with Crippen molar-refractivity contribution in [1.29, 1.82) is 0 Å². The number of benzene rings is 2. The molecule has 0 atom stereocenters. The monoisotopic (exact) mass is 386 g/mol. The fourth-order valence-corrected chi connectivity index (χ4v) is 2.81. The van der Waals surface area contributed by atoms with Gasteiger partial charge in [-0.1, -0.05) is 30.3 Å². The molecule has 144 valence electrons. The van der Waals surface area contributed by atoms with Crippen LogP contribution in [0.2, 0.25) is 0 Å². The summed E-state index contributed by atoms with van der Waals surface area (Å²) in [5.41, 5.74) is 2.82. The zero-order valence-electron chi connectivity index (χ0n) is 15.4. The summed E-state index contributed by atoms with van der Waals surface area (Å²) < 4.78 is 6.74. The van der Waals surface area contributed by atoms with Crippen LogP contribution in [0.4, 0.5) is 5.69 Å². The number of para-hydroxylation sites is 1. The van der Waals surface area contributed by atoms with E-state index < -0.39 is 0 Å². The van der Waals surface area contributed by atoms with Crippen LogP contribution in [0.15, 0.2) is 89.8 Å². The molecule has 0 radical (unpaired) electrons. The average molecular weight is 386 g/mol. The largest absolute Gasteiger partial charge is 0.459 e. The van der Waals surface area contributed by atoms with Gasteiger partial charge >= 0.3 is 0 Å². The SMILES string of the molecule is O=C(NCc1cccc(NC(=O)c2ccco2)c1)c1cnn(-c2ccccc2)c1. The first-order chi connectivity index (χ1) is 14.2. The smallest absolute Gasteiger partial charge is 0.291 e. The van der Waals surface area contributed by atoms with Crippen molar-refractivity contribution in [2.24, 2.45) is 0 Å². The number of rotatable bonds is 6. The Morgan fingerprint density at radius 3 is 2.62 bits per heavy atom. The summed E-state index contributed by atoms with van der Waals surface area (Å²) in [6.45, 7) is 0.319. The van der Waals surface area contributed by atoms with Gasteiger partial charge in [0.15, 0.2) is 5.76 Å². The number of anilines is 1. The second-order valence-electron chi connectivity index (χ2n) is 6.32. The number of nitrogens with one attached hydrogen (secondary N) is 2. The van der Waals surface area contributed by atoms with Crippen LogP contribution in [0.3, 0.4) is 0 Å². The van der Waals surface area contributed by atoms with E-state index in [1.54, 1.807) is 35.1 Å². The Kier molecular flexibility index (Phi) is 5.20. The lowest BCUT2D eigenvalue weighted by atomic mass is 10.2. The zero-order chi connectivity index (χ0) is 20.1. The lowest BCUT2D eigenvalue weighted by Gasteiger charge is -2.07. The molecule has 29 heavy (non-hydrogen) atoms. The molecule has 0 unspecified atom stereocenters. The summed E-state index contributed by atoms with van der Waals surface area (Å²) in [6.07, 6.45) is 4.66. The van der Waals surface area contributed by atoms with Gasteiger partial charge in [-0.15, -0.1) is 0 Å². The molecule has 0 saturated heterocycles. The van der Waals surface area contributed by atoms with Gasteiger partial charge in [0.05, 0.1) is 23.7 Å². The highest BCUT2D eigenvalue weighted by atomic mass is 16.3. The Hall–Kier alpha value is -4.13. The minimum atomic E-state index is -0.329. The highest BCUT2D eigenvalue weighted by Crippen LogP contribution is 2.13. The summed E-state index contributed by atoms with van der Waals surface area (Å²) in [5, 5.41) is 9.86. The van der Waals surface area contributed by atoms with Crippen molar-refractivity contribution in [2.75, 3.05) is 5.32 Å². The Bertz CT molecular complexity index is 1120. The van der Waals surface area contributed by atoms with Crippen molar-refractivity contribution in [3.8, 4) is 5.69 Å². The van der Waals surface area contributed by atoms with Gasteiger partial charge in [0.1, 0.15) is 0 Å². The maximum Gasteiger partial charge on any atom is 0.291 e. The molecule has 2 aromatic carbocycles. The maximum atomic E-state index is 12.4. The first-order valence-corrected chi connectivity index (χ1v) is 9.01. The molecule has 0 bridgehead atoms. The van der Waals surface area contributed by atoms with Crippen molar-refractivity contribution < 1.29 is 14.0 Å². The van der Waals surface area contributed by atoms with Gasteiger partial charge in [-0.25, -0.2) is 4.68 Å². The minimum Gasteiger partial charge on any atom is -0.459 e. The Morgan fingerprint density at radius 2 is 1.83 bits per heavy atom. The summed E-state index contributed by atoms with van der Waals surface area (Å²) in [5.74, 6) is -0.319. The first kappa shape index (κ1) is 18.2. The molecule has 0 spiro atoms. The third kappa shape index (κ3) is 4.41. The maximum absolute atomic E-state index is 12.4. The molecule has 2 aromatic heterocycles. The number of carbonyl (C=O) groups is 2. The highest BCUT2D eigenvalue weighted by molar-refractivity contribution is 6.02. The quantitative estimate of drug-likeness (QED) is 0.529. The van der Waals surface area contributed by atoms with Gasteiger partial charge in [-0.2, -0.15) is 5.10 Å². The van der Waals surface area contributed by atoms with Crippen LogP contribution in [-0.2, 0) is 6.54 Å². The van der Waals surface area contributed by atoms with Crippen LogP contribution < -0.4 is 10.6 Å². The molecule has 0 saturated carbocycles. The van der Waals surface area contributed by atoms with E-state index >= 15 is 0 Å². The topological polar surface area (TPSA) is 89.2 Å². The van der Waals surface area contributed by atoms with Crippen molar-refractivity contribution in [3.63, 3.8) is 0 Å². The second-order valence-corrected chi connectivity index (χ2v) is 6.32. The van der Waals surface area contributed by atoms with Crippen LogP contribution in [0.1, 0.15) is 26.5 Å². The Morgan fingerprint density at radius 1 is 0.966 bits per heavy atom. The first-order valence-electron chi connectivity index (χ1n) is 9.01. The Labute approximate surface area is 167 Å². The van der Waals surface area contributed by atoms with Gasteiger partial charge in [-0.3, -0.25) is 9.59 Å². The Balaban J connectivity index is 1.37. The van der Waals surface area contributed by atoms with Crippen molar-refractivity contribution in [2.45, 2.75) is 6.54 Å². The fraction of sp³-hybridized carbons (Fsp3) is 0.0455. The van der Waals surface area contributed by atoms with Crippen molar-refractivity contribution >= 4 is 17.5 Å². The number of aromatic nitrogens is 2. The number of nitrogens with zero attached hydrogens (tertiary/aromatic N) is 2. The van der Waals surface area contributed by atoms with Gasteiger partial charge in [-0.05, 0) is 42.0 Å². The summed E-state index contributed by atoms with van der Waals surface area (Å²) in [6, 6.07) is 20.1. The van der Waals surface area contributed by atoms with E-state index in [0.29, 0.717) is 17.8 Å². The molecule has 0 aliphatic heterocycles. The van der Waals surface area contributed by atoms with E-state index in [9.17, 15) is 9.59 Å². The third-order valence-corrected chi connectivity index (χ3v) is 4.25. The predicted molar refractivity (Wildman–Crippen MR) is 108 cm³/mol. The van der Waals surface area contributed by atoms with Crippen LogP contribution >= 0.6 is 0 Å². The number of amides is 2. The molecule has 7 nitrogen and oxygen atoms in total. The van der Waals surface area contributed by atoms with E-state index in [-0.39, 0.29) is 17.6 Å².